The fourth-order valence-corrected chi connectivity index (χ4v) is 1.29. The number of carbonyl (C=O) groups excluding carboxylic acids is 1. The molecule has 1 aliphatic carbocycles. The monoisotopic (exact) mass is 198 g/mol. The molecular weight excluding hydrogens is 188 g/mol. The first-order valence-corrected chi connectivity index (χ1v) is 4.56. The Morgan fingerprint density at radius 3 is 2.40 bits per heavy atom. The fourth-order valence-electron chi connectivity index (χ4n) is 1.29. The van der Waals surface area contributed by atoms with Gasteiger partial charge in [-0.15, -0.1) is 0 Å². The standard InChI is InChI=1S/C12H10N2O/c1-13-12(15)14-11-7-5-10(6-8-11)9-3-2-4-9/h2-8H,1H2,(H,14,15). The van der Waals surface area contributed by atoms with Gasteiger partial charge in [-0.25, -0.2) is 9.79 Å². The second kappa shape index (κ2) is 3.92. The second-order valence-corrected chi connectivity index (χ2v) is 3.15. The molecule has 3 heteroatoms. The number of carbonyl (C=O) groups is 1. The number of allylic oxidation sites excluding steroid dienone is 4. The minimum absolute atomic E-state index is 0.439. The van der Waals surface area contributed by atoms with Gasteiger partial charge in [0.15, 0.2) is 0 Å². The van der Waals surface area contributed by atoms with Crippen LogP contribution in [0.25, 0.3) is 5.57 Å². The van der Waals surface area contributed by atoms with Gasteiger partial charge in [0.05, 0.1) is 0 Å². The topological polar surface area (TPSA) is 41.5 Å². The molecular formula is C12H10N2O. The van der Waals surface area contributed by atoms with Crippen molar-refractivity contribution in [2.75, 3.05) is 5.32 Å². The number of hydrogen-bond donors (Lipinski definition) is 1. The van der Waals surface area contributed by atoms with Crippen LogP contribution in [0, 0.1) is 0 Å². The van der Waals surface area contributed by atoms with Crippen LogP contribution in [0.2, 0.25) is 0 Å². The third kappa shape index (κ3) is 2.02. The van der Waals surface area contributed by atoms with E-state index in [0.29, 0.717) is 0 Å². The zero-order valence-corrected chi connectivity index (χ0v) is 8.10. The third-order valence-corrected chi connectivity index (χ3v) is 2.16. The van der Waals surface area contributed by atoms with Crippen LogP contribution < -0.4 is 5.32 Å². The summed E-state index contributed by atoms with van der Waals surface area (Å²) in [6, 6.07) is 7.14. The highest BCUT2D eigenvalue weighted by Crippen LogP contribution is 2.23. The predicted octanol–water partition coefficient (Wildman–Crippen LogP) is 2.87. The predicted molar refractivity (Wildman–Crippen MR) is 62.1 cm³/mol. The number of nitrogens with one attached hydrogen (secondary N) is 1. The number of amides is 2. The van der Waals surface area contributed by atoms with Crippen LogP contribution in [-0.2, 0) is 0 Å². The van der Waals surface area contributed by atoms with Gasteiger partial charge in [-0.3, -0.25) is 0 Å². The Balaban J connectivity index is 2.10. The number of aliphatic imine (C=N–C) groups is 1. The molecule has 3 nitrogen and oxygen atoms in total. The van der Waals surface area contributed by atoms with E-state index in [1.54, 1.807) is 0 Å². The maximum Gasteiger partial charge on any atom is 0.344 e. The molecule has 2 amide bonds. The zero-order chi connectivity index (χ0) is 10.7. The Kier molecular flexibility index (Phi) is 2.46. The van der Waals surface area contributed by atoms with Crippen LogP contribution in [0.3, 0.4) is 0 Å². The van der Waals surface area contributed by atoms with Crippen LogP contribution in [0.15, 0.2) is 47.5 Å². The molecule has 0 saturated carbocycles. The van der Waals surface area contributed by atoms with Crippen molar-refractivity contribution in [2.24, 2.45) is 4.99 Å². The van der Waals surface area contributed by atoms with Crippen LogP contribution >= 0.6 is 0 Å². The molecule has 0 unspecified atom stereocenters. The van der Waals surface area contributed by atoms with E-state index in [1.165, 1.54) is 5.57 Å². The van der Waals surface area contributed by atoms with E-state index in [2.05, 4.69) is 17.0 Å². The molecule has 1 aliphatic rings. The molecule has 0 saturated heterocycles. The smallest absolute Gasteiger partial charge is 0.306 e. The average Bonchev–Trinajstić information content (AvgIpc) is 2.18. The molecule has 74 valence electrons. The van der Waals surface area contributed by atoms with Gasteiger partial charge in [0.1, 0.15) is 0 Å². The Morgan fingerprint density at radius 1 is 1.27 bits per heavy atom. The summed E-state index contributed by atoms with van der Waals surface area (Å²) in [6.07, 6.45) is 6.07. The van der Waals surface area contributed by atoms with Gasteiger partial charge in [-0.1, -0.05) is 30.4 Å². The van der Waals surface area contributed by atoms with Crippen molar-refractivity contribution in [2.45, 2.75) is 0 Å². The van der Waals surface area contributed by atoms with Crippen LogP contribution in [0.1, 0.15) is 5.56 Å². The SMILES string of the molecule is C=NC(=O)Nc1ccc(C2=CC=C2)cc1. The van der Waals surface area contributed by atoms with Gasteiger partial charge in [0.2, 0.25) is 0 Å². The van der Waals surface area contributed by atoms with Crippen molar-refractivity contribution in [3.8, 4) is 0 Å². The van der Waals surface area contributed by atoms with Gasteiger partial charge in [-0.05, 0) is 30.0 Å². The van der Waals surface area contributed by atoms with Crippen LogP contribution in [-0.4, -0.2) is 12.7 Å². The maximum absolute atomic E-state index is 10.9. The lowest BCUT2D eigenvalue weighted by Crippen LogP contribution is -2.05. The molecule has 1 aromatic rings. The third-order valence-electron chi connectivity index (χ3n) is 2.16. The Labute approximate surface area is 87.8 Å². The van der Waals surface area contributed by atoms with Crippen LogP contribution in [0.5, 0.6) is 0 Å². The second-order valence-electron chi connectivity index (χ2n) is 3.15. The molecule has 0 aromatic heterocycles. The lowest BCUT2D eigenvalue weighted by molar-refractivity contribution is 0.260. The normalized spacial score (nSPS) is 12.7. The Bertz CT molecular complexity index is 455. The first-order chi connectivity index (χ1) is 7.29. The van der Waals surface area contributed by atoms with E-state index < -0.39 is 6.03 Å². The van der Waals surface area contributed by atoms with Crippen molar-refractivity contribution in [1.29, 1.82) is 0 Å². The van der Waals surface area contributed by atoms with Gasteiger partial charge in [0.25, 0.3) is 0 Å². The summed E-state index contributed by atoms with van der Waals surface area (Å²) in [5.74, 6) is 0. The number of anilines is 1. The van der Waals surface area contributed by atoms with Gasteiger partial charge in [-0.2, -0.15) is 0 Å². The van der Waals surface area contributed by atoms with Crippen molar-refractivity contribution in [3.05, 3.63) is 48.1 Å². The van der Waals surface area contributed by atoms with Gasteiger partial charge < -0.3 is 5.32 Å². The van der Waals surface area contributed by atoms with E-state index in [0.717, 1.165) is 11.3 Å². The van der Waals surface area contributed by atoms with Crippen molar-refractivity contribution in [3.63, 3.8) is 0 Å². The molecule has 0 bridgehead atoms. The first-order valence-electron chi connectivity index (χ1n) is 4.56. The maximum atomic E-state index is 10.9. The van der Waals surface area contributed by atoms with E-state index in [-0.39, 0.29) is 0 Å². The molecule has 0 aliphatic heterocycles. The molecule has 0 atom stereocenters. The molecule has 15 heavy (non-hydrogen) atoms. The van der Waals surface area contributed by atoms with E-state index in [9.17, 15) is 4.79 Å². The van der Waals surface area contributed by atoms with Crippen molar-refractivity contribution in [1.82, 2.24) is 0 Å². The van der Waals surface area contributed by atoms with E-state index >= 15 is 0 Å². The highest BCUT2D eigenvalue weighted by atomic mass is 16.2. The number of benzene rings is 1. The molecule has 1 aromatic carbocycles. The average molecular weight is 198 g/mol. The molecule has 0 spiro atoms. The summed E-state index contributed by atoms with van der Waals surface area (Å²) < 4.78 is 0. The minimum Gasteiger partial charge on any atom is -0.306 e. The molecule has 0 fully saturated rings. The molecule has 1 N–H and O–H groups in total. The molecule has 0 heterocycles. The van der Waals surface area contributed by atoms with Gasteiger partial charge >= 0.3 is 6.03 Å². The summed E-state index contributed by atoms with van der Waals surface area (Å²) in [5, 5.41) is 2.59. The first kappa shape index (κ1) is 9.40. The fraction of sp³-hybridized carbons (Fsp3) is 0. The van der Waals surface area contributed by atoms with Gasteiger partial charge in [0, 0.05) is 5.69 Å². The number of urea groups is 1. The highest BCUT2D eigenvalue weighted by Gasteiger charge is 2.02. The number of rotatable bonds is 2. The summed E-state index contributed by atoms with van der Waals surface area (Å²) in [5.41, 5.74) is 3.07. The summed E-state index contributed by atoms with van der Waals surface area (Å²) >= 11 is 0. The van der Waals surface area contributed by atoms with Crippen molar-refractivity contribution >= 4 is 24.0 Å². The highest BCUT2D eigenvalue weighted by molar-refractivity contribution is 5.92. The van der Waals surface area contributed by atoms with Crippen LogP contribution in [0.4, 0.5) is 10.5 Å². The van der Waals surface area contributed by atoms with E-state index in [1.807, 2.05) is 42.5 Å². The quantitative estimate of drug-likeness (QED) is 0.729. The molecule has 0 radical (unpaired) electrons. The van der Waals surface area contributed by atoms with Crippen molar-refractivity contribution < 1.29 is 4.79 Å². The Morgan fingerprint density at radius 2 is 1.93 bits per heavy atom. The number of hydrogen-bond acceptors (Lipinski definition) is 1. The number of nitrogens with zero attached hydrogens (tertiary/aromatic N) is 1. The lowest BCUT2D eigenvalue weighted by Gasteiger charge is -2.08. The minimum atomic E-state index is -0.439. The lowest BCUT2D eigenvalue weighted by atomic mass is 9.99. The summed E-state index contributed by atoms with van der Waals surface area (Å²) in [6.45, 7) is 3.14. The zero-order valence-electron chi connectivity index (χ0n) is 8.10. The molecule has 2 rings (SSSR count). The largest absolute Gasteiger partial charge is 0.344 e. The Hall–Kier alpha value is -2.16. The summed E-state index contributed by atoms with van der Waals surface area (Å²) in [4.78, 5) is 14.2. The summed E-state index contributed by atoms with van der Waals surface area (Å²) in [7, 11) is 0. The van der Waals surface area contributed by atoms with E-state index in [4.69, 9.17) is 0 Å².